The summed E-state index contributed by atoms with van der Waals surface area (Å²) in [7, 11) is -4.03. The summed E-state index contributed by atoms with van der Waals surface area (Å²) in [5.74, 6) is -1.23. The van der Waals surface area contributed by atoms with Gasteiger partial charge in [-0.05, 0) is 45.4 Å². The number of hydrogen-bond acceptors (Lipinski definition) is 6. The lowest BCUT2D eigenvalue weighted by Crippen LogP contribution is -2.49. The van der Waals surface area contributed by atoms with E-state index >= 15 is 0 Å². The van der Waals surface area contributed by atoms with Crippen molar-refractivity contribution in [2.45, 2.75) is 45.2 Å². The minimum Gasteiger partial charge on any atom is -0.360 e. The number of likely N-dealkylation sites (N-methyl/N-ethyl adjacent to an activating group) is 1. The number of nitrogens with one attached hydrogen (secondary N) is 2. The molecule has 0 bridgehead atoms. The van der Waals surface area contributed by atoms with Crippen LogP contribution in [-0.2, 0) is 26.2 Å². The van der Waals surface area contributed by atoms with Gasteiger partial charge >= 0.3 is 0 Å². The van der Waals surface area contributed by atoms with Crippen molar-refractivity contribution in [2.75, 3.05) is 13.1 Å². The maximum Gasteiger partial charge on any atom is 0.246 e. The molecule has 9 nitrogen and oxygen atoms in total. The average molecular weight is 440 g/mol. The Morgan fingerprint density at radius 3 is 2.40 bits per heavy atom. The number of carbonyl (C=O) groups excluding carboxylic acids is 2. The summed E-state index contributed by atoms with van der Waals surface area (Å²) in [6.45, 7) is 6.18. The van der Waals surface area contributed by atoms with E-state index in [1.54, 1.807) is 19.1 Å². The third-order valence-corrected chi connectivity index (χ3v) is 6.15. The molecule has 0 fully saturated rings. The number of amides is 2. The first-order valence-corrected chi connectivity index (χ1v) is 10.8. The van der Waals surface area contributed by atoms with Crippen molar-refractivity contribution in [3.63, 3.8) is 0 Å². The van der Waals surface area contributed by atoms with Crippen LogP contribution in [0.2, 0.25) is 0 Å². The third-order valence-electron chi connectivity index (χ3n) is 4.37. The average Bonchev–Trinajstić information content (AvgIpc) is 3.03. The Labute approximate surface area is 174 Å². The maximum atomic E-state index is 12.9. The Kier molecular flexibility index (Phi) is 7.68. The molecule has 2 amide bonds. The highest BCUT2D eigenvalue weighted by atomic mass is 32.2. The fourth-order valence-electron chi connectivity index (χ4n) is 2.85. The van der Waals surface area contributed by atoms with Crippen LogP contribution in [0.3, 0.4) is 0 Å². The Morgan fingerprint density at radius 2 is 1.87 bits per heavy atom. The highest BCUT2D eigenvalue weighted by Crippen LogP contribution is 2.19. The standard InChI is InChI=1S/C19H25FN4O5S/c1-5-24(11-17(25)21-10-15-6-8-16(20)9-7-15)19(26)13(3)23-30(27,28)18-12(2)22-29-14(18)4/h6-9,13,23H,5,10-11H2,1-4H3,(H,21,25)/t13-/m0/s1. The van der Waals surface area contributed by atoms with Crippen molar-refractivity contribution in [2.24, 2.45) is 0 Å². The number of aryl methyl sites for hydroxylation is 2. The SMILES string of the molecule is CCN(CC(=O)NCc1ccc(F)cc1)C(=O)[C@H](C)NS(=O)(=O)c1c(C)noc1C. The van der Waals surface area contributed by atoms with E-state index in [1.165, 1.54) is 37.8 Å². The van der Waals surface area contributed by atoms with Crippen molar-refractivity contribution in [3.8, 4) is 0 Å². The summed E-state index contributed by atoms with van der Waals surface area (Å²) in [4.78, 5) is 26.0. The third kappa shape index (κ3) is 5.86. The molecule has 0 aliphatic rings. The first-order chi connectivity index (χ1) is 14.0. The number of benzene rings is 1. The van der Waals surface area contributed by atoms with Gasteiger partial charge in [-0.3, -0.25) is 9.59 Å². The Bertz CT molecular complexity index is 985. The topological polar surface area (TPSA) is 122 Å². The van der Waals surface area contributed by atoms with Gasteiger partial charge in [0.2, 0.25) is 21.8 Å². The van der Waals surface area contributed by atoms with Gasteiger partial charge in [0.1, 0.15) is 16.4 Å². The van der Waals surface area contributed by atoms with Crippen molar-refractivity contribution >= 4 is 21.8 Å². The van der Waals surface area contributed by atoms with Crippen LogP contribution in [0.4, 0.5) is 4.39 Å². The molecule has 1 atom stereocenters. The molecule has 0 saturated heterocycles. The second kappa shape index (κ2) is 9.81. The second-order valence-corrected chi connectivity index (χ2v) is 8.40. The fraction of sp³-hybridized carbons (Fsp3) is 0.421. The number of aromatic nitrogens is 1. The predicted octanol–water partition coefficient (Wildman–Crippen LogP) is 1.26. The number of halogens is 1. The largest absolute Gasteiger partial charge is 0.360 e. The molecule has 164 valence electrons. The van der Waals surface area contributed by atoms with Crippen LogP contribution < -0.4 is 10.0 Å². The first kappa shape index (κ1) is 23.5. The van der Waals surface area contributed by atoms with Crippen LogP contribution >= 0.6 is 0 Å². The zero-order valence-corrected chi connectivity index (χ0v) is 18.0. The van der Waals surface area contributed by atoms with E-state index in [0.29, 0.717) is 5.56 Å². The molecule has 1 aromatic heterocycles. The van der Waals surface area contributed by atoms with Gasteiger partial charge in [-0.2, -0.15) is 4.72 Å². The van der Waals surface area contributed by atoms with E-state index in [-0.39, 0.29) is 41.8 Å². The molecule has 30 heavy (non-hydrogen) atoms. The molecule has 0 unspecified atom stereocenters. The summed E-state index contributed by atoms with van der Waals surface area (Å²) in [5.41, 5.74) is 0.895. The van der Waals surface area contributed by atoms with Crippen LogP contribution in [0, 0.1) is 19.7 Å². The zero-order valence-electron chi connectivity index (χ0n) is 17.2. The zero-order chi connectivity index (χ0) is 22.5. The monoisotopic (exact) mass is 440 g/mol. The van der Waals surface area contributed by atoms with Gasteiger partial charge in [0.05, 0.1) is 12.6 Å². The van der Waals surface area contributed by atoms with E-state index < -0.39 is 27.9 Å². The normalized spacial score (nSPS) is 12.4. The molecule has 2 N–H and O–H groups in total. The van der Waals surface area contributed by atoms with Crippen LogP contribution in [-0.4, -0.2) is 49.4 Å². The van der Waals surface area contributed by atoms with Crippen molar-refractivity contribution in [1.29, 1.82) is 0 Å². The molecule has 1 heterocycles. The van der Waals surface area contributed by atoms with Crippen molar-refractivity contribution in [3.05, 3.63) is 47.1 Å². The molecule has 0 aliphatic heterocycles. The van der Waals surface area contributed by atoms with E-state index in [2.05, 4.69) is 15.2 Å². The van der Waals surface area contributed by atoms with Crippen LogP contribution in [0.1, 0.15) is 30.9 Å². The van der Waals surface area contributed by atoms with E-state index in [0.717, 1.165) is 0 Å². The summed E-state index contributed by atoms with van der Waals surface area (Å²) < 4.78 is 45.3. The lowest BCUT2D eigenvalue weighted by atomic mass is 10.2. The van der Waals surface area contributed by atoms with Gasteiger partial charge in [-0.15, -0.1) is 0 Å². The number of sulfonamides is 1. The quantitative estimate of drug-likeness (QED) is 0.606. The Hall–Kier alpha value is -2.79. The molecule has 0 saturated carbocycles. The first-order valence-electron chi connectivity index (χ1n) is 9.30. The van der Waals surface area contributed by atoms with Gasteiger partial charge in [0.15, 0.2) is 5.76 Å². The minimum atomic E-state index is -4.03. The van der Waals surface area contributed by atoms with Gasteiger partial charge in [0, 0.05) is 13.1 Å². The molecule has 11 heteroatoms. The lowest BCUT2D eigenvalue weighted by molar-refractivity contribution is -0.136. The highest BCUT2D eigenvalue weighted by molar-refractivity contribution is 7.89. The van der Waals surface area contributed by atoms with Crippen molar-refractivity contribution in [1.82, 2.24) is 20.1 Å². The number of rotatable bonds is 9. The van der Waals surface area contributed by atoms with Gasteiger partial charge in [-0.1, -0.05) is 17.3 Å². The summed E-state index contributed by atoms with van der Waals surface area (Å²) in [6, 6.07) is 4.56. The van der Waals surface area contributed by atoms with Gasteiger partial charge < -0.3 is 14.7 Å². The predicted molar refractivity (Wildman–Crippen MR) is 106 cm³/mol. The molecule has 2 rings (SSSR count). The van der Waals surface area contributed by atoms with Crippen LogP contribution in [0.15, 0.2) is 33.7 Å². The van der Waals surface area contributed by atoms with Gasteiger partial charge in [0.25, 0.3) is 0 Å². The summed E-state index contributed by atoms with van der Waals surface area (Å²) in [5, 5.41) is 6.26. The smallest absolute Gasteiger partial charge is 0.246 e. The van der Waals surface area contributed by atoms with E-state index in [4.69, 9.17) is 4.52 Å². The number of hydrogen-bond donors (Lipinski definition) is 2. The second-order valence-electron chi connectivity index (χ2n) is 6.75. The molecule has 1 aromatic carbocycles. The molecular formula is C19H25FN4O5S. The van der Waals surface area contributed by atoms with Crippen molar-refractivity contribution < 1.29 is 26.9 Å². The van der Waals surface area contributed by atoms with E-state index in [1.807, 2.05) is 0 Å². The Morgan fingerprint density at radius 1 is 1.23 bits per heavy atom. The van der Waals surface area contributed by atoms with Gasteiger partial charge in [-0.25, -0.2) is 12.8 Å². The summed E-state index contributed by atoms with van der Waals surface area (Å²) >= 11 is 0. The van der Waals surface area contributed by atoms with Crippen LogP contribution in [0.25, 0.3) is 0 Å². The minimum absolute atomic E-state index is 0.109. The lowest BCUT2D eigenvalue weighted by Gasteiger charge is -2.24. The Balaban J connectivity index is 1.97. The molecule has 0 aliphatic carbocycles. The van der Waals surface area contributed by atoms with E-state index in [9.17, 15) is 22.4 Å². The number of carbonyl (C=O) groups is 2. The highest BCUT2D eigenvalue weighted by Gasteiger charge is 2.30. The molecular weight excluding hydrogens is 415 g/mol. The molecule has 0 radical (unpaired) electrons. The molecule has 0 spiro atoms. The molecule has 2 aromatic rings. The number of nitrogens with zero attached hydrogens (tertiary/aromatic N) is 2. The fourth-order valence-corrected chi connectivity index (χ4v) is 4.38. The van der Waals surface area contributed by atoms with Crippen LogP contribution in [0.5, 0.6) is 0 Å². The maximum absolute atomic E-state index is 12.9. The summed E-state index contributed by atoms with van der Waals surface area (Å²) in [6.07, 6.45) is 0.